The monoisotopic (exact) mass is 443 g/mol. The second-order valence-electron chi connectivity index (χ2n) is 6.82. The molecule has 0 unspecified atom stereocenters. The maximum absolute atomic E-state index is 13.3. The van der Waals surface area contributed by atoms with Crippen molar-refractivity contribution in [1.82, 2.24) is 5.32 Å². The molecule has 1 amide bonds. The lowest BCUT2D eigenvalue weighted by atomic mass is 9.90. The van der Waals surface area contributed by atoms with Gasteiger partial charge in [0.2, 0.25) is 5.91 Å². The molecular formula is C22H22Cl2F3NO. The average molecular weight is 444 g/mol. The molecule has 0 saturated heterocycles. The number of halogens is 5. The van der Waals surface area contributed by atoms with Crippen molar-refractivity contribution in [3.63, 3.8) is 0 Å². The van der Waals surface area contributed by atoms with Gasteiger partial charge in [-0.3, -0.25) is 4.79 Å². The minimum absolute atomic E-state index is 0.184. The molecule has 2 aromatic carbocycles. The molecule has 0 radical (unpaired) electrons. The summed E-state index contributed by atoms with van der Waals surface area (Å²) in [5.74, 6) is -0.184. The van der Waals surface area contributed by atoms with Crippen LogP contribution < -0.4 is 5.32 Å². The second-order valence-corrected chi connectivity index (χ2v) is 7.67. The maximum Gasteiger partial charge on any atom is 0.417 e. The molecule has 1 N–H and O–H groups in total. The first-order valence-corrected chi connectivity index (χ1v) is 9.86. The van der Waals surface area contributed by atoms with Gasteiger partial charge >= 0.3 is 6.18 Å². The van der Waals surface area contributed by atoms with Crippen molar-refractivity contribution >= 4 is 34.7 Å². The summed E-state index contributed by atoms with van der Waals surface area (Å²) in [6, 6.07) is 7.10. The van der Waals surface area contributed by atoms with Gasteiger partial charge < -0.3 is 5.32 Å². The lowest BCUT2D eigenvalue weighted by Crippen LogP contribution is -2.25. The second kappa shape index (κ2) is 9.23. The summed E-state index contributed by atoms with van der Waals surface area (Å²) < 4.78 is 39.8. The molecular weight excluding hydrogens is 422 g/mol. The van der Waals surface area contributed by atoms with Crippen LogP contribution in [0.5, 0.6) is 0 Å². The number of hydrogen-bond acceptors (Lipinski definition) is 1. The molecule has 0 fully saturated rings. The van der Waals surface area contributed by atoms with Gasteiger partial charge in [0.1, 0.15) is 0 Å². The van der Waals surface area contributed by atoms with E-state index in [0.29, 0.717) is 39.4 Å². The van der Waals surface area contributed by atoms with Crippen LogP contribution in [0.4, 0.5) is 13.2 Å². The Morgan fingerprint density at radius 3 is 2.34 bits per heavy atom. The van der Waals surface area contributed by atoms with E-state index >= 15 is 0 Å². The van der Waals surface area contributed by atoms with Gasteiger partial charge in [0.25, 0.3) is 0 Å². The Kier molecular flexibility index (Phi) is 7.41. The van der Waals surface area contributed by atoms with E-state index in [1.807, 2.05) is 6.92 Å². The van der Waals surface area contributed by atoms with E-state index in [1.165, 1.54) is 12.1 Å². The van der Waals surface area contributed by atoms with E-state index < -0.39 is 11.7 Å². The number of amides is 1. The van der Waals surface area contributed by atoms with Crippen LogP contribution in [0.2, 0.25) is 10.0 Å². The van der Waals surface area contributed by atoms with Gasteiger partial charge in [-0.25, -0.2) is 0 Å². The van der Waals surface area contributed by atoms with Crippen LogP contribution in [-0.4, -0.2) is 12.5 Å². The zero-order valence-electron chi connectivity index (χ0n) is 16.6. The first kappa shape index (κ1) is 23.3. The maximum atomic E-state index is 13.3. The topological polar surface area (TPSA) is 29.1 Å². The van der Waals surface area contributed by atoms with Crippen molar-refractivity contribution in [1.29, 1.82) is 0 Å². The minimum atomic E-state index is -4.56. The molecule has 0 bridgehead atoms. The molecule has 0 saturated carbocycles. The van der Waals surface area contributed by atoms with Crippen LogP contribution in [0, 0.1) is 6.92 Å². The molecule has 0 aliphatic carbocycles. The molecule has 0 aliphatic rings. The predicted molar refractivity (Wildman–Crippen MR) is 113 cm³/mol. The summed E-state index contributed by atoms with van der Waals surface area (Å²) in [6.45, 7) is 7.83. The molecule has 2 aromatic rings. The number of rotatable bonds is 5. The number of nitrogens with one attached hydrogen (secondary N) is 1. The third-order valence-corrected chi connectivity index (χ3v) is 5.35. The van der Waals surface area contributed by atoms with Crippen LogP contribution >= 0.6 is 23.2 Å². The van der Waals surface area contributed by atoms with E-state index in [4.69, 9.17) is 23.2 Å². The normalized spacial score (nSPS) is 12.6. The van der Waals surface area contributed by atoms with Gasteiger partial charge in [0, 0.05) is 17.1 Å². The smallest absolute Gasteiger partial charge is 0.352 e. The number of allylic oxidation sites excluding steroid dienone is 1. The van der Waals surface area contributed by atoms with Gasteiger partial charge in [-0.2, -0.15) is 13.2 Å². The standard InChI is InChI=1S/C22H22Cl2F3NO/c1-5-8-28-21(29)13(3)12(2)17-10-16(23)11-18(14(17)4)15-6-7-20(24)19(9-15)22(25,26)27/h6-7,9-11H,5,8H2,1-4H3,(H,28,29)/b13-12+. The zero-order chi connectivity index (χ0) is 21.9. The van der Waals surface area contributed by atoms with Gasteiger partial charge in [-0.1, -0.05) is 36.2 Å². The van der Waals surface area contributed by atoms with Gasteiger partial charge in [0.15, 0.2) is 0 Å². The molecule has 0 heterocycles. The van der Waals surface area contributed by atoms with Crippen molar-refractivity contribution in [3.05, 3.63) is 62.6 Å². The summed E-state index contributed by atoms with van der Waals surface area (Å²) in [5, 5.41) is 2.83. The highest BCUT2D eigenvalue weighted by Gasteiger charge is 2.33. The Bertz CT molecular complexity index is 965. The summed E-state index contributed by atoms with van der Waals surface area (Å²) in [4.78, 5) is 12.3. The zero-order valence-corrected chi connectivity index (χ0v) is 18.1. The van der Waals surface area contributed by atoms with Crippen LogP contribution in [-0.2, 0) is 11.0 Å². The van der Waals surface area contributed by atoms with Crippen molar-refractivity contribution in [2.75, 3.05) is 6.54 Å². The van der Waals surface area contributed by atoms with Crippen LogP contribution in [0.1, 0.15) is 43.9 Å². The van der Waals surface area contributed by atoms with E-state index in [2.05, 4.69) is 5.32 Å². The highest BCUT2D eigenvalue weighted by Crippen LogP contribution is 2.39. The van der Waals surface area contributed by atoms with E-state index in [9.17, 15) is 18.0 Å². The summed E-state index contributed by atoms with van der Waals surface area (Å²) in [5.41, 5.74) is 2.68. The molecule has 7 heteroatoms. The van der Waals surface area contributed by atoms with Crippen LogP contribution in [0.3, 0.4) is 0 Å². The molecule has 0 aliphatic heterocycles. The fraction of sp³-hybridized carbons (Fsp3) is 0.318. The van der Waals surface area contributed by atoms with Gasteiger partial charge in [-0.05, 0) is 79.3 Å². The Balaban J connectivity index is 2.62. The van der Waals surface area contributed by atoms with Gasteiger partial charge in [0.05, 0.1) is 10.6 Å². The number of benzene rings is 2. The highest BCUT2D eigenvalue weighted by molar-refractivity contribution is 6.32. The SMILES string of the molecule is CCCNC(=O)/C(C)=C(\C)c1cc(Cl)cc(-c2ccc(Cl)c(C(F)(F)F)c2)c1C. The number of alkyl halides is 3. The van der Waals surface area contributed by atoms with Crippen molar-refractivity contribution < 1.29 is 18.0 Å². The lowest BCUT2D eigenvalue weighted by molar-refractivity contribution is -0.137. The minimum Gasteiger partial charge on any atom is -0.352 e. The first-order chi connectivity index (χ1) is 13.5. The molecule has 29 heavy (non-hydrogen) atoms. The largest absolute Gasteiger partial charge is 0.417 e. The van der Waals surface area contributed by atoms with Crippen molar-refractivity contribution in [3.8, 4) is 11.1 Å². The molecule has 2 rings (SSSR count). The molecule has 0 aromatic heterocycles. The van der Waals surface area contributed by atoms with E-state index in [1.54, 1.807) is 32.9 Å². The first-order valence-electron chi connectivity index (χ1n) is 9.10. The van der Waals surface area contributed by atoms with Crippen LogP contribution in [0.25, 0.3) is 16.7 Å². The van der Waals surface area contributed by atoms with Crippen molar-refractivity contribution in [2.45, 2.75) is 40.3 Å². The number of carbonyl (C=O) groups is 1. The molecule has 156 valence electrons. The quantitative estimate of drug-likeness (QED) is 0.482. The third kappa shape index (κ3) is 5.34. The Morgan fingerprint density at radius 2 is 1.76 bits per heavy atom. The number of carbonyl (C=O) groups excluding carboxylic acids is 1. The van der Waals surface area contributed by atoms with E-state index in [0.717, 1.165) is 18.1 Å². The molecule has 2 nitrogen and oxygen atoms in total. The molecule has 0 spiro atoms. The summed E-state index contributed by atoms with van der Waals surface area (Å²) >= 11 is 12.0. The number of hydrogen-bond donors (Lipinski definition) is 1. The Morgan fingerprint density at radius 1 is 1.10 bits per heavy atom. The van der Waals surface area contributed by atoms with Gasteiger partial charge in [-0.15, -0.1) is 0 Å². The highest BCUT2D eigenvalue weighted by atomic mass is 35.5. The van der Waals surface area contributed by atoms with Crippen molar-refractivity contribution in [2.24, 2.45) is 0 Å². The fourth-order valence-electron chi connectivity index (χ4n) is 3.02. The fourth-order valence-corrected chi connectivity index (χ4v) is 3.46. The average Bonchev–Trinajstić information content (AvgIpc) is 2.66. The Labute approximate surface area is 178 Å². The van der Waals surface area contributed by atoms with Crippen LogP contribution in [0.15, 0.2) is 35.9 Å². The Hall–Kier alpha value is -1.98. The summed E-state index contributed by atoms with van der Waals surface area (Å²) in [6.07, 6.45) is -3.75. The molecule has 0 atom stereocenters. The third-order valence-electron chi connectivity index (χ3n) is 4.80. The lowest BCUT2D eigenvalue weighted by Gasteiger charge is -2.17. The predicted octanol–water partition coefficient (Wildman–Crippen LogP) is 7.31. The summed E-state index contributed by atoms with van der Waals surface area (Å²) in [7, 11) is 0. The van der Waals surface area contributed by atoms with E-state index in [-0.39, 0.29) is 10.9 Å².